The van der Waals surface area contributed by atoms with Gasteiger partial charge in [-0.05, 0) is 45.8 Å². The van der Waals surface area contributed by atoms with Crippen molar-refractivity contribution in [3.63, 3.8) is 0 Å². The van der Waals surface area contributed by atoms with E-state index in [1.165, 1.54) is 13.0 Å². The highest BCUT2D eigenvalue weighted by Crippen LogP contribution is 2.10. The Bertz CT molecular complexity index is 175. The number of nitrogens with zero attached hydrogens (tertiary/aromatic N) is 1. The third-order valence-corrected chi connectivity index (χ3v) is 2.88. The van der Waals surface area contributed by atoms with Gasteiger partial charge >= 0.3 is 0 Å². The first-order valence-corrected chi connectivity index (χ1v) is 6.66. The highest BCUT2D eigenvalue weighted by Gasteiger charge is 2.21. The third kappa shape index (κ3) is 5.83. The van der Waals surface area contributed by atoms with Crippen molar-refractivity contribution >= 4 is 0 Å². The van der Waals surface area contributed by atoms with Crippen LogP contribution in [0.15, 0.2) is 0 Å². The van der Waals surface area contributed by atoms with Gasteiger partial charge < -0.3 is 10.1 Å². The van der Waals surface area contributed by atoms with Crippen molar-refractivity contribution in [2.45, 2.75) is 46.3 Å². The first-order valence-electron chi connectivity index (χ1n) is 6.66. The van der Waals surface area contributed by atoms with E-state index in [1.807, 2.05) is 0 Å². The summed E-state index contributed by atoms with van der Waals surface area (Å²) < 4.78 is 5.72. The molecule has 1 N–H and O–H groups in total. The second kappa shape index (κ2) is 7.25. The van der Waals surface area contributed by atoms with Crippen LogP contribution in [0.4, 0.5) is 0 Å². The van der Waals surface area contributed by atoms with Gasteiger partial charge in [-0.2, -0.15) is 0 Å². The number of rotatable bonds is 6. The molecule has 0 aliphatic carbocycles. The Morgan fingerprint density at radius 3 is 2.44 bits per heavy atom. The smallest absolute Gasteiger partial charge is 0.0678 e. The summed E-state index contributed by atoms with van der Waals surface area (Å²) in [5.41, 5.74) is 0. The van der Waals surface area contributed by atoms with Gasteiger partial charge in [0.05, 0.1) is 12.2 Å². The number of nitrogens with one attached hydrogen (secondary N) is 1. The maximum absolute atomic E-state index is 5.72. The van der Waals surface area contributed by atoms with Crippen LogP contribution >= 0.6 is 0 Å². The van der Waals surface area contributed by atoms with E-state index < -0.39 is 0 Å². The van der Waals surface area contributed by atoms with Crippen molar-refractivity contribution in [3.05, 3.63) is 0 Å². The Morgan fingerprint density at radius 1 is 1.25 bits per heavy atom. The average molecular weight is 228 g/mol. The molecule has 2 atom stereocenters. The first-order chi connectivity index (χ1) is 7.58. The van der Waals surface area contributed by atoms with Gasteiger partial charge in [-0.15, -0.1) is 0 Å². The normalized spacial score (nSPS) is 27.6. The van der Waals surface area contributed by atoms with E-state index in [0.717, 1.165) is 32.1 Å². The van der Waals surface area contributed by atoms with E-state index in [9.17, 15) is 0 Å². The summed E-state index contributed by atoms with van der Waals surface area (Å²) in [6.45, 7) is 14.5. The van der Waals surface area contributed by atoms with Gasteiger partial charge in [0.2, 0.25) is 0 Å². The van der Waals surface area contributed by atoms with Gasteiger partial charge in [0.1, 0.15) is 0 Å². The number of morpholine rings is 1. The van der Waals surface area contributed by atoms with Crippen molar-refractivity contribution in [3.8, 4) is 0 Å². The number of hydrogen-bond donors (Lipinski definition) is 1. The molecule has 0 spiro atoms. The predicted molar refractivity (Wildman–Crippen MR) is 68.8 cm³/mol. The van der Waals surface area contributed by atoms with Crippen molar-refractivity contribution in [1.82, 2.24) is 10.2 Å². The minimum Gasteiger partial charge on any atom is -0.373 e. The molecular weight excluding hydrogens is 200 g/mol. The van der Waals surface area contributed by atoms with Crippen LogP contribution < -0.4 is 5.32 Å². The van der Waals surface area contributed by atoms with E-state index >= 15 is 0 Å². The summed E-state index contributed by atoms with van der Waals surface area (Å²) in [5, 5.41) is 3.49. The lowest BCUT2D eigenvalue weighted by molar-refractivity contribution is -0.0680. The molecule has 0 aromatic rings. The molecular formula is C13H28N2O. The fourth-order valence-corrected chi connectivity index (χ4v) is 2.29. The Kier molecular flexibility index (Phi) is 6.32. The maximum atomic E-state index is 5.72. The van der Waals surface area contributed by atoms with Crippen LogP contribution in [-0.4, -0.2) is 49.8 Å². The summed E-state index contributed by atoms with van der Waals surface area (Å²) in [6, 6.07) is 0. The van der Waals surface area contributed by atoms with Crippen molar-refractivity contribution in [2.24, 2.45) is 5.92 Å². The van der Waals surface area contributed by atoms with Crippen LogP contribution in [0.3, 0.4) is 0 Å². The zero-order valence-electron chi connectivity index (χ0n) is 11.3. The monoisotopic (exact) mass is 228 g/mol. The lowest BCUT2D eigenvalue weighted by Gasteiger charge is -2.35. The molecule has 16 heavy (non-hydrogen) atoms. The highest BCUT2D eigenvalue weighted by molar-refractivity contribution is 4.73. The van der Waals surface area contributed by atoms with E-state index in [-0.39, 0.29) is 0 Å². The SMILES string of the molecule is CC(C)CNCCCN1CC(C)OC(C)C1. The highest BCUT2D eigenvalue weighted by atomic mass is 16.5. The largest absolute Gasteiger partial charge is 0.373 e. The summed E-state index contributed by atoms with van der Waals surface area (Å²) in [4.78, 5) is 2.52. The summed E-state index contributed by atoms with van der Waals surface area (Å²) in [5.74, 6) is 0.753. The van der Waals surface area contributed by atoms with E-state index in [1.54, 1.807) is 0 Å². The van der Waals surface area contributed by atoms with Crippen LogP contribution in [0.25, 0.3) is 0 Å². The standard InChI is InChI=1S/C13H28N2O/c1-11(2)8-14-6-5-7-15-9-12(3)16-13(4)10-15/h11-14H,5-10H2,1-4H3. The Labute approximate surface area is 101 Å². The molecule has 0 radical (unpaired) electrons. The van der Waals surface area contributed by atoms with E-state index in [0.29, 0.717) is 12.2 Å². The fraction of sp³-hybridized carbons (Fsp3) is 1.00. The zero-order valence-corrected chi connectivity index (χ0v) is 11.3. The minimum atomic E-state index is 0.396. The fourth-order valence-electron chi connectivity index (χ4n) is 2.29. The van der Waals surface area contributed by atoms with Gasteiger partial charge in [-0.3, -0.25) is 4.90 Å². The van der Waals surface area contributed by atoms with Gasteiger partial charge in [0.15, 0.2) is 0 Å². The van der Waals surface area contributed by atoms with Crippen LogP contribution in [0.5, 0.6) is 0 Å². The molecule has 1 aliphatic rings. The molecule has 1 heterocycles. The Morgan fingerprint density at radius 2 is 1.88 bits per heavy atom. The Hall–Kier alpha value is -0.120. The summed E-state index contributed by atoms with van der Waals surface area (Å²) >= 11 is 0. The molecule has 3 nitrogen and oxygen atoms in total. The van der Waals surface area contributed by atoms with Crippen LogP contribution in [0.2, 0.25) is 0 Å². The quantitative estimate of drug-likeness (QED) is 0.701. The van der Waals surface area contributed by atoms with Crippen LogP contribution in [0.1, 0.15) is 34.1 Å². The average Bonchev–Trinajstić information content (AvgIpc) is 2.15. The predicted octanol–water partition coefficient (Wildman–Crippen LogP) is 1.73. The Balaban J connectivity index is 2.04. The lowest BCUT2D eigenvalue weighted by atomic mass is 10.2. The molecule has 0 saturated carbocycles. The van der Waals surface area contributed by atoms with E-state index in [4.69, 9.17) is 4.74 Å². The third-order valence-electron chi connectivity index (χ3n) is 2.88. The second-order valence-electron chi connectivity index (χ2n) is 5.47. The molecule has 0 amide bonds. The summed E-state index contributed by atoms with van der Waals surface area (Å²) in [7, 11) is 0. The van der Waals surface area contributed by atoms with Crippen LogP contribution in [0, 0.1) is 5.92 Å². The molecule has 96 valence electrons. The first kappa shape index (κ1) is 13.9. The van der Waals surface area contributed by atoms with Crippen molar-refractivity contribution < 1.29 is 4.74 Å². The molecule has 1 rings (SSSR count). The van der Waals surface area contributed by atoms with Gasteiger partial charge in [-0.25, -0.2) is 0 Å². The molecule has 1 aliphatic heterocycles. The lowest BCUT2D eigenvalue weighted by Crippen LogP contribution is -2.46. The molecule has 2 unspecified atom stereocenters. The molecule has 3 heteroatoms. The molecule has 1 fully saturated rings. The second-order valence-corrected chi connectivity index (χ2v) is 5.47. The van der Waals surface area contributed by atoms with Crippen molar-refractivity contribution in [2.75, 3.05) is 32.7 Å². The maximum Gasteiger partial charge on any atom is 0.0678 e. The molecule has 1 saturated heterocycles. The molecule has 0 aromatic heterocycles. The van der Waals surface area contributed by atoms with Gasteiger partial charge in [-0.1, -0.05) is 13.8 Å². The number of hydrogen-bond acceptors (Lipinski definition) is 3. The number of ether oxygens (including phenoxy) is 1. The van der Waals surface area contributed by atoms with Gasteiger partial charge in [0.25, 0.3) is 0 Å². The zero-order chi connectivity index (χ0) is 12.0. The minimum absolute atomic E-state index is 0.396. The molecule has 0 aromatic carbocycles. The van der Waals surface area contributed by atoms with Crippen LogP contribution in [-0.2, 0) is 4.74 Å². The van der Waals surface area contributed by atoms with Gasteiger partial charge in [0, 0.05) is 13.1 Å². The summed E-state index contributed by atoms with van der Waals surface area (Å²) in [6.07, 6.45) is 2.03. The topological polar surface area (TPSA) is 24.5 Å². The molecule has 0 bridgehead atoms. The van der Waals surface area contributed by atoms with Crippen molar-refractivity contribution in [1.29, 1.82) is 0 Å². The van der Waals surface area contributed by atoms with E-state index in [2.05, 4.69) is 37.9 Å².